The van der Waals surface area contributed by atoms with Crippen LogP contribution in [0.25, 0.3) is 0 Å². The Bertz CT molecular complexity index is 974. The summed E-state index contributed by atoms with van der Waals surface area (Å²) in [5, 5.41) is 2.82. The SMILES string of the molecule is CCCS(=O)(=O)N1CCCc2cc(NC(=O)COc3ccc(OCC)cc3)ccc21. The zero-order valence-electron chi connectivity index (χ0n) is 17.4. The highest BCUT2D eigenvalue weighted by molar-refractivity contribution is 7.92. The molecule has 1 amide bonds. The Hall–Kier alpha value is -2.74. The number of anilines is 2. The summed E-state index contributed by atoms with van der Waals surface area (Å²) in [5.41, 5.74) is 2.26. The van der Waals surface area contributed by atoms with E-state index in [0.717, 1.165) is 24.2 Å². The van der Waals surface area contributed by atoms with Gasteiger partial charge in [-0.05, 0) is 74.2 Å². The molecule has 162 valence electrons. The molecule has 0 radical (unpaired) electrons. The van der Waals surface area contributed by atoms with Gasteiger partial charge in [-0.2, -0.15) is 0 Å². The summed E-state index contributed by atoms with van der Waals surface area (Å²) in [4.78, 5) is 12.3. The van der Waals surface area contributed by atoms with E-state index in [1.165, 1.54) is 4.31 Å². The summed E-state index contributed by atoms with van der Waals surface area (Å²) >= 11 is 0. The molecule has 3 rings (SSSR count). The summed E-state index contributed by atoms with van der Waals surface area (Å²) in [6, 6.07) is 12.4. The van der Waals surface area contributed by atoms with Crippen LogP contribution in [0.1, 0.15) is 32.3 Å². The zero-order valence-corrected chi connectivity index (χ0v) is 18.2. The molecule has 0 aliphatic carbocycles. The molecular formula is C22H28N2O5S. The molecule has 0 aromatic heterocycles. The fraction of sp³-hybridized carbons (Fsp3) is 0.409. The molecule has 1 aliphatic rings. The number of nitrogens with zero attached hydrogens (tertiary/aromatic N) is 1. The van der Waals surface area contributed by atoms with E-state index in [2.05, 4.69) is 5.32 Å². The van der Waals surface area contributed by atoms with Gasteiger partial charge in [-0.3, -0.25) is 9.10 Å². The van der Waals surface area contributed by atoms with Gasteiger partial charge in [0.25, 0.3) is 5.91 Å². The standard InChI is InChI=1S/C22H28N2O5S/c1-3-14-30(26,27)24-13-5-6-17-15-18(7-12-21(17)24)23-22(25)16-29-20-10-8-19(9-11-20)28-4-2/h7-12,15H,3-6,13-14,16H2,1-2H3,(H,23,25). The number of aryl methyl sites for hydroxylation is 1. The molecule has 1 N–H and O–H groups in total. The van der Waals surface area contributed by atoms with Crippen molar-refractivity contribution in [2.75, 3.05) is 35.1 Å². The molecule has 2 aromatic carbocycles. The Kier molecular flexibility index (Phi) is 7.20. The molecule has 2 aromatic rings. The summed E-state index contributed by atoms with van der Waals surface area (Å²) in [6.45, 7) is 4.73. The van der Waals surface area contributed by atoms with Gasteiger partial charge >= 0.3 is 0 Å². The predicted octanol–water partition coefficient (Wildman–Crippen LogP) is 3.60. The van der Waals surface area contributed by atoms with E-state index in [0.29, 0.717) is 36.7 Å². The highest BCUT2D eigenvalue weighted by Crippen LogP contribution is 2.32. The normalized spacial score (nSPS) is 13.5. The second kappa shape index (κ2) is 9.84. The van der Waals surface area contributed by atoms with Gasteiger partial charge in [-0.15, -0.1) is 0 Å². The maximum absolute atomic E-state index is 12.5. The second-order valence-corrected chi connectivity index (χ2v) is 9.09. The number of carbonyl (C=O) groups excluding carboxylic acids is 1. The Morgan fingerprint density at radius 1 is 1.07 bits per heavy atom. The van der Waals surface area contributed by atoms with Crippen LogP contribution < -0.4 is 19.1 Å². The minimum absolute atomic E-state index is 0.123. The van der Waals surface area contributed by atoms with Crippen LogP contribution in [0, 0.1) is 0 Å². The smallest absolute Gasteiger partial charge is 0.262 e. The van der Waals surface area contributed by atoms with Crippen molar-refractivity contribution in [3.8, 4) is 11.5 Å². The first-order valence-electron chi connectivity index (χ1n) is 10.2. The van der Waals surface area contributed by atoms with Crippen molar-refractivity contribution in [3.63, 3.8) is 0 Å². The van der Waals surface area contributed by atoms with E-state index in [4.69, 9.17) is 9.47 Å². The van der Waals surface area contributed by atoms with Crippen molar-refractivity contribution in [3.05, 3.63) is 48.0 Å². The van der Waals surface area contributed by atoms with Crippen LogP contribution in [0.3, 0.4) is 0 Å². The number of rotatable bonds is 9. The molecule has 0 atom stereocenters. The lowest BCUT2D eigenvalue weighted by Gasteiger charge is -2.30. The number of ether oxygens (including phenoxy) is 2. The number of fused-ring (bicyclic) bond motifs is 1. The monoisotopic (exact) mass is 432 g/mol. The van der Waals surface area contributed by atoms with E-state index in [1.807, 2.05) is 19.9 Å². The quantitative estimate of drug-likeness (QED) is 0.655. The topological polar surface area (TPSA) is 84.9 Å². The lowest BCUT2D eigenvalue weighted by atomic mass is 10.0. The molecule has 8 heteroatoms. The third-order valence-electron chi connectivity index (χ3n) is 4.74. The van der Waals surface area contributed by atoms with Crippen LogP contribution in [0.4, 0.5) is 11.4 Å². The van der Waals surface area contributed by atoms with Crippen LogP contribution >= 0.6 is 0 Å². The Morgan fingerprint density at radius 2 is 1.77 bits per heavy atom. The van der Waals surface area contributed by atoms with Crippen molar-refractivity contribution in [2.24, 2.45) is 0 Å². The number of carbonyl (C=O) groups is 1. The molecule has 1 aliphatic heterocycles. The van der Waals surface area contributed by atoms with Crippen LogP contribution in [0.2, 0.25) is 0 Å². The minimum atomic E-state index is -3.31. The van der Waals surface area contributed by atoms with E-state index in [-0.39, 0.29) is 18.3 Å². The number of hydrogen-bond donors (Lipinski definition) is 1. The van der Waals surface area contributed by atoms with Crippen LogP contribution in [-0.4, -0.2) is 39.8 Å². The van der Waals surface area contributed by atoms with Gasteiger partial charge < -0.3 is 14.8 Å². The third kappa shape index (κ3) is 5.44. The van der Waals surface area contributed by atoms with Crippen LogP contribution in [0.5, 0.6) is 11.5 Å². The van der Waals surface area contributed by atoms with Gasteiger partial charge in [0.1, 0.15) is 11.5 Å². The molecule has 0 unspecified atom stereocenters. The average molecular weight is 433 g/mol. The van der Waals surface area contributed by atoms with Crippen LogP contribution in [-0.2, 0) is 21.2 Å². The first-order chi connectivity index (χ1) is 14.4. The lowest BCUT2D eigenvalue weighted by molar-refractivity contribution is -0.118. The van der Waals surface area contributed by atoms with Gasteiger partial charge in [-0.1, -0.05) is 6.92 Å². The number of hydrogen-bond acceptors (Lipinski definition) is 5. The fourth-order valence-electron chi connectivity index (χ4n) is 3.44. The first-order valence-corrected chi connectivity index (χ1v) is 11.8. The minimum Gasteiger partial charge on any atom is -0.494 e. The number of benzene rings is 2. The molecule has 0 spiro atoms. The van der Waals surface area contributed by atoms with Crippen molar-refractivity contribution in [2.45, 2.75) is 33.1 Å². The predicted molar refractivity (Wildman–Crippen MR) is 118 cm³/mol. The van der Waals surface area contributed by atoms with E-state index >= 15 is 0 Å². The molecule has 30 heavy (non-hydrogen) atoms. The molecule has 0 saturated heterocycles. The van der Waals surface area contributed by atoms with Crippen molar-refractivity contribution < 1.29 is 22.7 Å². The maximum Gasteiger partial charge on any atom is 0.262 e. The highest BCUT2D eigenvalue weighted by Gasteiger charge is 2.26. The number of sulfonamides is 1. The lowest BCUT2D eigenvalue weighted by Crippen LogP contribution is -2.37. The fourth-order valence-corrected chi connectivity index (χ4v) is 5.06. The van der Waals surface area contributed by atoms with E-state index in [1.54, 1.807) is 36.4 Å². The van der Waals surface area contributed by atoms with Crippen LogP contribution in [0.15, 0.2) is 42.5 Å². The Morgan fingerprint density at radius 3 is 2.43 bits per heavy atom. The van der Waals surface area contributed by atoms with Crippen molar-refractivity contribution >= 4 is 27.3 Å². The largest absolute Gasteiger partial charge is 0.494 e. The Balaban J connectivity index is 1.61. The summed E-state index contributed by atoms with van der Waals surface area (Å²) in [7, 11) is -3.31. The second-order valence-electron chi connectivity index (χ2n) is 7.08. The number of amides is 1. The van der Waals surface area contributed by atoms with Crippen molar-refractivity contribution in [1.82, 2.24) is 0 Å². The van der Waals surface area contributed by atoms with Gasteiger partial charge in [0, 0.05) is 12.2 Å². The third-order valence-corrected chi connectivity index (χ3v) is 6.72. The Labute approximate surface area is 178 Å². The van der Waals surface area contributed by atoms with Gasteiger partial charge in [0.2, 0.25) is 10.0 Å². The summed E-state index contributed by atoms with van der Waals surface area (Å²) in [5.74, 6) is 1.18. The molecule has 0 fully saturated rings. The summed E-state index contributed by atoms with van der Waals surface area (Å²) < 4.78 is 37.4. The zero-order chi connectivity index (χ0) is 21.6. The number of nitrogens with one attached hydrogen (secondary N) is 1. The summed E-state index contributed by atoms with van der Waals surface area (Å²) in [6.07, 6.45) is 2.12. The molecule has 0 bridgehead atoms. The van der Waals surface area contributed by atoms with Gasteiger partial charge in [0.05, 0.1) is 18.0 Å². The average Bonchev–Trinajstić information content (AvgIpc) is 2.73. The maximum atomic E-state index is 12.5. The van der Waals surface area contributed by atoms with Gasteiger partial charge in [0.15, 0.2) is 6.61 Å². The van der Waals surface area contributed by atoms with E-state index in [9.17, 15) is 13.2 Å². The van der Waals surface area contributed by atoms with Gasteiger partial charge in [-0.25, -0.2) is 8.42 Å². The molecule has 0 saturated carbocycles. The molecular weight excluding hydrogens is 404 g/mol. The first kappa shape index (κ1) is 22.0. The molecule has 1 heterocycles. The van der Waals surface area contributed by atoms with E-state index < -0.39 is 10.0 Å². The van der Waals surface area contributed by atoms with Crippen molar-refractivity contribution in [1.29, 1.82) is 0 Å². The molecule has 7 nitrogen and oxygen atoms in total. The highest BCUT2D eigenvalue weighted by atomic mass is 32.2.